The maximum atomic E-state index is 5.67. The highest BCUT2D eigenvalue weighted by Crippen LogP contribution is 2.26. The molecule has 0 aliphatic rings. The van der Waals surface area contributed by atoms with E-state index in [1.54, 1.807) is 0 Å². The van der Waals surface area contributed by atoms with Crippen LogP contribution in [0.25, 0.3) is 21.9 Å². The summed E-state index contributed by atoms with van der Waals surface area (Å²) >= 11 is 0. The van der Waals surface area contributed by atoms with Crippen LogP contribution in [0.3, 0.4) is 0 Å². The van der Waals surface area contributed by atoms with Gasteiger partial charge in [-0.1, -0.05) is 25.1 Å². The number of fused-ring (bicyclic) bond motifs is 3. The standard InChI is InChI=1S/C16H20N4O/c1-3-8-20-10-18-15-14(9-21-11(2)17)19-13-7-5-4-6-12(13)16(15)20/h4-7,10-11H,3,8-9,17H2,1-2H3. The zero-order valence-electron chi connectivity index (χ0n) is 12.4. The molecule has 1 atom stereocenters. The molecule has 5 heteroatoms. The molecule has 1 aromatic carbocycles. The third-order valence-electron chi connectivity index (χ3n) is 3.47. The van der Waals surface area contributed by atoms with Crippen molar-refractivity contribution in [3.8, 4) is 0 Å². The maximum Gasteiger partial charge on any atom is 0.113 e. The van der Waals surface area contributed by atoms with Gasteiger partial charge in [0.1, 0.15) is 11.7 Å². The van der Waals surface area contributed by atoms with Gasteiger partial charge in [0.25, 0.3) is 0 Å². The highest BCUT2D eigenvalue weighted by atomic mass is 16.5. The number of aromatic nitrogens is 3. The van der Waals surface area contributed by atoms with E-state index in [2.05, 4.69) is 22.5 Å². The largest absolute Gasteiger partial charge is 0.358 e. The van der Waals surface area contributed by atoms with Gasteiger partial charge in [-0.25, -0.2) is 9.97 Å². The molecule has 2 N–H and O–H groups in total. The average Bonchev–Trinajstić information content (AvgIpc) is 2.89. The average molecular weight is 284 g/mol. The van der Waals surface area contributed by atoms with E-state index in [-0.39, 0.29) is 6.23 Å². The summed E-state index contributed by atoms with van der Waals surface area (Å²) in [6.45, 7) is 5.30. The van der Waals surface area contributed by atoms with E-state index in [0.29, 0.717) is 6.61 Å². The number of pyridine rings is 1. The molecule has 2 aromatic heterocycles. The number of nitrogens with zero attached hydrogens (tertiary/aromatic N) is 3. The quantitative estimate of drug-likeness (QED) is 0.732. The van der Waals surface area contributed by atoms with E-state index in [1.807, 2.05) is 31.5 Å². The Hall–Kier alpha value is -1.98. The van der Waals surface area contributed by atoms with Crippen LogP contribution in [0.1, 0.15) is 26.0 Å². The number of benzene rings is 1. The van der Waals surface area contributed by atoms with Gasteiger partial charge in [0, 0.05) is 11.9 Å². The third kappa shape index (κ3) is 2.62. The molecular formula is C16H20N4O. The van der Waals surface area contributed by atoms with Crippen molar-refractivity contribution in [2.75, 3.05) is 0 Å². The summed E-state index contributed by atoms with van der Waals surface area (Å²) in [6, 6.07) is 8.14. The Morgan fingerprint density at radius 2 is 2.14 bits per heavy atom. The highest BCUT2D eigenvalue weighted by molar-refractivity contribution is 6.03. The Kier molecular flexibility index (Phi) is 3.86. The molecule has 0 bridgehead atoms. The van der Waals surface area contributed by atoms with Crippen LogP contribution in [0.15, 0.2) is 30.6 Å². The van der Waals surface area contributed by atoms with Crippen LogP contribution in [0.2, 0.25) is 0 Å². The lowest BCUT2D eigenvalue weighted by molar-refractivity contribution is 0.0564. The van der Waals surface area contributed by atoms with Crippen molar-refractivity contribution in [1.82, 2.24) is 14.5 Å². The van der Waals surface area contributed by atoms with Gasteiger partial charge in [-0.3, -0.25) is 0 Å². The maximum absolute atomic E-state index is 5.67. The minimum Gasteiger partial charge on any atom is -0.358 e. The van der Waals surface area contributed by atoms with E-state index in [9.17, 15) is 0 Å². The van der Waals surface area contributed by atoms with E-state index in [1.165, 1.54) is 0 Å². The summed E-state index contributed by atoms with van der Waals surface area (Å²) in [5.41, 5.74) is 9.52. The van der Waals surface area contributed by atoms with Gasteiger partial charge in [-0.15, -0.1) is 0 Å². The summed E-state index contributed by atoms with van der Waals surface area (Å²) in [7, 11) is 0. The van der Waals surface area contributed by atoms with E-state index in [4.69, 9.17) is 15.5 Å². The zero-order chi connectivity index (χ0) is 14.8. The van der Waals surface area contributed by atoms with Crippen LogP contribution in [0.4, 0.5) is 0 Å². The number of ether oxygens (including phenoxy) is 1. The summed E-state index contributed by atoms with van der Waals surface area (Å²) in [4.78, 5) is 9.24. The molecule has 0 aliphatic heterocycles. The fourth-order valence-electron chi connectivity index (χ4n) is 2.57. The summed E-state index contributed by atoms with van der Waals surface area (Å²) in [5, 5.41) is 1.13. The second kappa shape index (κ2) is 5.79. The predicted molar refractivity (Wildman–Crippen MR) is 83.8 cm³/mol. The number of nitrogens with two attached hydrogens (primary N) is 1. The zero-order valence-corrected chi connectivity index (χ0v) is 12.4. The molecule has 0 fully saturated rings. The summed E-state index contributed by atoms with van der Waals surface area (Å²) in [6.07, 6.45) is 2.64. The first-order chi connectivity index (χ1) is 10.2. The molecule has 5 nitrogen and oxygen atoms in total. The van der Waals surface area contributed by atoms with Crippen LogP contribution >= 0.6 is 0 Å². The van der Waals surface area contributed by atoms with E-state index >= 15 is 0 Å². The first-order valence-electron chi connectivity index (χ1n) is 7.30. The summed E-state index contributed by atoms with van der Waals surface area (Å²) in [5.74, 6) is 0. The molecule has 3 rings (SSSR count). The molecule has 0 amide bonds. The number of aryl methyl sites for hydroxylation is 1. The van der Waals surface area contributed by atoms with Crippen molar-refractivity contribution in [2.24, 2.45) is 5.73 Å². The molecule has 0 saturated carbocycles. The lowest BCUT2D eigenvalue weighted by Gasteiger charge is -2.10. The first kappa shape index (κ1) is 14.0. The number of imidazole rings is 1. The van der Waals surface area contributed by atoms with Crippen LogP contribution < -0.4 is 5.73 Å². The summed E-state index contributed by atoms with van der Waals surface area (Å²) < 4.78 is 7.71. The fraction of sp³-hybridized carbons (Fsp3) is 0.375. The van der Waals surface area contributed by atoms with Crippen molar-refractivity contribution >= 4 is 21.9 Å². The predicted octanol–water partition coefficient (Wildman–Crippen LogP) is 2.82. The number of rotatable bonds is 5. The number of hydrogen-bond donors (Lipinski definition) is 1. The Bertz CT molecular complexity index is 763. The lowest BCUT2D eigenvalue weighted by Crippen LogP contribution is -2.19. The molecular weight excluding hydrogens is 264 g/mol. The van der Waals surface area contributed by atoms with Crippen molar-refractivity contribution in [1.29, 1.82) is 0 Å². The van der Waals surface area contributed by atoms with Crippen molar-refractivity contribution < 1.29 is 4.74 Å². The lowest BCUT2D eigenvalue weighted by atomic mass is 10.1. The number of hydrogen-bond acceptors (Lipinski definition) is 4. The third-order valence-corrected chi connectivity index (χ3v) is 3.47. The van der Waals surface area contributed by atoms with E-state index in [0.717, 1.165) is 40.6 Å². The Morgan fingerprint density at radius 3 is 2.90 bits per heavy atom. The van der Waals surface area contributed by atoms with Gasteiger partial charge < -0.3 is 15.0 Å². The van der Waals surface area contributed by atoms with Gasteiger partial charge in [0.05, 0.1) is 29.7 Å². The minimum atomic E-state index is -0.314. The SMILES string of the molecule is CCCn1cnc2c(COC(C)N)nc3ccccc3c21. The molecule has 110 valence electrons. The molecule has 3 aromatic rings. The molecule has 0 radical (unpaired) electrons. The van der Waals surface area contributed by atoms with Crippen LogP contribution in [0.5, 0.6) is 0 Å². The van der Waals surface area contributed by atoms with Gasteiger partial charge in [-0.2, -0.15) is 0 Å². The fourth-order valence-corrected chi connectivity index (χ4v) is 2.57. The topological polar surface area (TPSA) is 66.0 Å². The normalized spacial score (nSPS) is 13.1. The van der Waals surface area contributed by atoms with Crippen LogP contribution in [-0.4, -0.2) is 20.8 Å². The van der Waals surface area contributed by atoms with Gasteiger partial charge >= 0.3 is 0 Å². The molecule has 0 spiro atoms. The highest BCUT2D eigenvalue weighted by Gasteiger charge is 2.14. The smallest absolute Gasteiger partial charge is 0.113 e. The number of para-hydroxylation sites is 1. The van der Waals surface area contributed by atoms with Gasteiger partial charge in [-0.05, 0) is 19.4 Å². The Balaban J connectivity index is 2.22. The van der Waals surface area contributed by atoms with Gasteiger partial charge in [0.15, 0.2) is 0 Å². The van der Waals surface area contributed by atoms with Crippen LogP contribution in [-0.2, 0) is 17.9 Å². The molecule has 0 aliphatic carbocycles. The Morgan fingerprint density at radius 1 is 1.33 bits per heavy atom. The molecule has 0 saturated heterocycles. The molecule has 2 heterocycles. The molecule has 1 unspecified atom stereocenters. The van der Waals surface area contributed by atoms with Crippen LogP contribution in [0, 0.1) is 0 Å². The van der Waals surface area contributed by atoms with Gasteiger partial charge in [0.2, 0.25) is 0 Å². The second-order valence-electron chi connectivity index (χ2n) is 5.23. The van der Waals surface area contributed by atoms with Crippen molar-refractivity contribution in [2.45, 2.75) is 39.6 Å². The monoisotopic (exact) mass is 284 g/mol. The van der Waals surface area contributed by atoms with E-state index < -0.39 is 0 Å². The second-order valence-corrected chi connectivity index (χ2v) is 5.23. The molecule has 21 heavy (non-hydrogen) atoms. The van der Waals surface area contributed by atoms with Crippen molar-refractivity contribution in [3.63, 3.8) is 0 Å². The van der Waals surface area contributed by atoms with Crippen molar-refractivity contribution in [3.05, 3.63) is 36.3 Å². The Labute approximate surface area is 123 Å². The minimum absolute atomic E-state index is 0.314. The first-order valence-corrected chi connectivity index (χ1v) is 7.30.